The first-order valence-electron chi connectivity index (χ1n) is 6.26. The van der Waals surface area contributed by atoms with Gasteiger partial charge in [-0.25, -0.2) is 0 Å². The molecule has 4 nitrogen and oxygen atoms in total. The SMILES string of the molecule is O=C(O)CCN(Cc1cncc(Br)c1)c1ccccc1. The summed E-state index contributed by atoms with van der Waals surface area (Å²) in [4.78, 5) is 17.0. The summed E-state index contributed by atoms with van der Waals surface area (Å²) in [5.41, 5.74) is 2.04. The zero-order valence-corrected chi connectivity index (χ0v) is 12.5. The molecule has 1 aromatic heterocycles. The van der Waals surface area contributed by atoms with Crippen LogP contribution < -0.4 is 4.90 Å². The number of aromatic nitrogens is 1. The van der Waals surface area contributed by atoms with Gasteiger partial charge in [0.2, 0.25) is 0 Å². The average molecular weight is 335 g/mol. The number of carboxylic acids is 1. The summed E-state index contributed by atoms with van der Waals surface area (Å²) < 4.78 is 0.918. The molecule has 104 valence electrons. The molecule has 0 aliphatic rings. The fraction of sp³-hybridized carbons (Fsp3) is 0.200. The van der Waals surface area contributed by atoms with E-state index in [1.54, 1.807) is 12.4 Å². The van der Waals surface area contributed by atoms with Crippen molar-refractivity contribution in [2.75, 3.05) is 11.4 Å². The molecule has 0 saturated carbocycles. The van der Waals surface area contributed by atoms with Crippen LogP contribution in [-0.4, -0.2) is 22.6 Å². The smallest absolute Gasteiger partial charge is 0.305 e. The van der Waals surface area contributed by atoms with Crippen molar-refractivity contribution in [2.24, 2.45) is 0 Å². The van der Waals surface area contributed by atoms with Crippen LogP contribution in [0.4, 0.5) is 5.69 Å². The number of aliphatic carboxylic acids is 1. The molecule has 1 aromatic carbocycles. The summed E-state index contributed by atoms with van der Waals surface area (Å²) in [6.07, 6.45) is 3.63. The third kappa shape index (κ3) is 4.35. The second-order valence-electron chi connectivity index (χ2n) is 4.41. The normalized spacial score (nSPS) is 10.2. The summed E-state index contributed by atoms with van der Waals surface area (Å²) in [7, 11) is 0. The Hall–Kier alpha value is -1.88. The van der Waals surface area contributed by atoms with E-state index in [1.165, 1.54) is 0 Å². The van der Waals surface area contributed by atoms with Gasteiger partial charge in [0.05, 0.1) is 6.42 Å². The molecule has 0 aliphatic carbocycles. The van der Waals surface area contributed by atoms with Crippen molar-refractivity contribution in [1.82, 2.24) is 4.98 Å². The highest BCUT2D eigenvalue weighted by atomic mass is 79.9. The lowest BCUT2D eigenvalue weighted by atomic mass is 10.2. The first-order valence-corrected chi connectivity index (χ1v) is 7.05. The Morgan fingerprint density at radius 1 is 1.25 bits per heavy atom. The van der Waals surface area contributed by atoms with Crippen molar-refractivity contribution in [2.45, 2.75) is 13.0 Å². The Bertz CT molecular complexity index is 575. The van der Waals surface area contributed by atoms with Crippen LogP contribution in [0.15, 0.2) is 53.3 Å². The predicted octanol–water partition coefficient (Wildman–Crippen LogP) is 3.33. The van der Waals surface area contributed by atoms with Crippen LogP contribution in [0.1, 0.15) is 12.0 Å². The number of anilines is 1. The summed E-state index contributed by atoms with van der Waals surface area (Å²) >= 11 is 3.40. The molecular weight excluding hydrogens is 320 g/mol. The van der Waals surface area contributed by atoms with Gasteiger partial charge in [-0.1, -0.05) is 18.2 Å². The molecule has 0 amide bonds. The quantitative estimate of drug-likeness (QED) is 0.880. The van der Waals surface area contributed by atoms with E-state index in [9.17, 15) is 4.79 Å². The van der Waals surface area contributed by atoms with Crippen LogP contribution in [0.25, 0.3) is 0 Å². The Morgan fingerprint density at radius 2 is 2.00 bits per heavy atom. The van der Waals surface area contributed by atoms with Crippen LogP contribution >= 0.6 is 15.9 Å². The monoisotopic (exact) mass is 334 g/mol. The van der Waals surface area contributed by atoms with Crippen molar-refractivity contribution in [1.29, 1.82) is 0 Å². The van der Waals surface area contributed by atoms with Crippen LogP contribution in [0.3, 0.4) is 0 Å². The number of carbonyl (C=O) groups is 1. The lowest BCUT2D eigenvalue weighted by molar-refractivity contribution is -0.136. The number of pyridine rings is 1. The molecule has 0 unspecified atom stereocenters. The lowest BCUT2D eigenvalue weighted by Gasteiger charge is -2.24. The van der Waals surface area contributed by atoms with Gasteiger partial charge in [0.15, 0.2) is 0 Å². The van der Waals surface area contributed by atoms with Gasteiger partial charge in [0.1, 0.15) is 0 Å². The molecule has 0 atom stereocenters. The first-order chi connectivity index (χ1) is 9.65. The van der Waals surface area contributed by atoms with E-state index in [0.29, 0.717) is 13.1 Å². The van der Waals surface area contributed by atoms with Gasteiger partial charge in [-0.3, -0.25) is 9.78 Å². The summed E-state index contributed by atoms with van der Waals surface area (Å²) in [5, 5.41) is 8.87. The maximum Gasteiger partial charge on any atom is 0.305 e. The van der Waals surface area contributed by atoms with Crippen molar-refractivity contribution in [3.8, 4) is 0 Å². The van der Waals surface area contributed by atoms with Crippen LogP contribution in [0.5, 0.6) is 0 Å². The van der Waals surface area contributed by atoms with E-state index < -0.39 is 5.97 Å². The van der Waals surface area contributed by atoms with Gasteiger partial charge < -0.3 is 10.0 Å². The fourth-order valence-corrected chi connectivity index (χ4v) is 2.34. The minimum Gasteiger partial charge on any atom is -0.481 e. The van der Waals surface area contributed by atoms with E-state index >= 15 is 0 Å². The standard InChI is InChI=1S/C15H15BrN2O2/c16-13-8-12(9-17-10-13)11-18(7-6-15(19)20)14-4-2-1-3-5-14/h1-5,8-10H,6-7,11H2,(H,19,20). The van der Waals surface area contributed by atoms with E-state index in [4.69, 9.17) is 5.11 Å². The molecule has 1 heterocycles. The molecule has 0 spiro atoms. The molecule has 0 fully saturated rings. The van der Waals surface area contributed by atoms with Gasteiger partial charge >= 0.3 is 5.97 Å². The summed E-state index contributed by atoms with van der Waals surface area (Å²) in [6.45, 7) is 1.09. The maximum absolute atomic E-state index is 10.8. The Kier molecular flexibility index (Phi) is 5.12. The fourth-order valence-electron chi connectivity index (χ4n) is 1.93. The Balaban J connectivity index is 2.16. The number of hydrogen-bond acceptors (Lipinski definition) is 3. The molecule has 0 saturated heterocycles. The molecule has 2 aromatic rings. The van der Waals surface area contributed by atoms with Crippen LogP contribution in [0, 0.1) is 0 Å². The second-order valence-corrected chi connectivity index (χ2v) is 5.33. The van der Waals surface area contributed by atoms with Gasteiger partial charge in [0, 0.05) is 35.6 Å². The average Bonchev–Trinajstić information content (AvgIpc) is 2.44. The van der Waals surface area contributed by atoms with E-state index in [1.807, 2.05) is 41.3 Å². The van der Waals surface area contributed by atoms with Crippen molar-refractivity contribution < 1.29 is 9.90 Å². The van der Waals surface area contributed by atoms with Crippen molar-refractivity contribution >= 4 is 27.6 Å². The highest BCUT2D eigenvalue weighted by Gasteiger charge is 2.09. The zero-order valence-electron chi connectivity index (χ0n) is 10.9. The van der Waals surface area contributed by atoms with Gasteiger partial charge in [0.25, 0.3) is 0 Å². The molecule has 2 rings (SSSR count). The van der Waals surface area contributed by atoms with Gasteiger partial charge in [-0.15, -0.1) is 0 Å². The zero-order chi connectivity index (χ0) is 14.4. The minimum absolute atomic E-state index is 0.107. The summed E-state index contributed by atoms with van der Waals surface area (Å²) in [5.74, 6) is -0.793. The number of rotatable bonds is 6. The molecule has 0 radical (unpaired) electrons. The van der Waals surface area contributed by atoms with Gasteiger partial charge in [-0.2, -0.15) is 0 Å². The third-order valence-corrected chi connectivity index (χ3v) is 3.29. The Morgan fingerprint density at radius 3 is 2.65 bits per heavy atom. The Labute approximate surface area is 126 Å². The van der Waals surface area contributed by atoms with Crippen molar-refractivity contribution in [3.63, 3.8) is 0 Å². The number of hydrogen-bond donors (Lipinski definition) is 1. The minimum atomic E-state index is -0.793. The topological polar surface area (TPSA) is 53.4 Å². The lowest BCUT2D eigenvalue weighted by Crippen LogP contribution is -2.25. The van der Waals surface area contributed by atoms with E-state index in [2.05, 4.69) is 20.9 Å². The van der Waals surface area contributed by atoms with Crippen molar-refractivity contribution in [3.05, 3.63) is 58.8 Å². The highest BCUT2D eigenvalue weighted by molar-refractivity contribution is 9.10. The first kappa shape index (κ1) is 14.5. The summed E-state index contributed by atoms with van der Waals surface area (Å²) in [6, 6.07) is 11.8. The molecule has 20 heavy (non-hydrogen) atoms. The molecule has 0 bridgehead atoms. The predicted molar refractivity (Wildman–Crippen MR) is 81.7 cm³/mol. The van der Waals surface area contributed by atoms with E-state index in [-0.39, 0.29) is 6.42 Å². The number of para-hydroxylation sites is 1. The molecule has 5 heteroatoms. The third-order valence-electron chi connectivity index (χ3n) is 2.85. The van der Waals surface area contributed by atoms with Crippen LogP contribution in [0.2, 0.25) is 0 Å². The van der Waals surface area contributed by atoms with Crippen LogP contribution in [-0.2, 0) is 11.3 Å². The maximum atomic E-state index is 10.8. The molecule has 0 aliphatic heterocycles. The highest BCUT2D eigenvalue weighted by Crippen LogP contribution is 2.18. The number of benzene rings is 1. The number of halogens is 1. The van der Waals surface area contributed by atoms with Gasteiger partial charge in [-0.05, 0) is 39.7 Å². The second kappa shape index (κ2) is 7.05. The molecule has 1 N–H and O–H groups in total. The number of nitrogens with zero attached hydrogens (tertiary/aromatic N) is 2. The number of carboxylic acid groups (broad SMARTS) is 1. The molecular formula is C15H15BrN2O2. The van der Waals surface area contributed by atoms with E-state index in [0.717, 1.165) is 15.7 Å². The largest absolute Gasteiger partial charge is 0.481 e.